The summed E-state index contributed by atoms with van der Waals surface area (Å²) in [6, 6.07) is 5.25. The van der Waals surface area contributed by atoms with Gasteiger partial charge in [-0.3, -0.25) is 5.41 Å². The second-order valence-corrected chi connectivity index (χ2v) is 5.13. The molecule has 0 spiro atoms. The van der Waals surface area contributed by atoms with E-state index in [0.29, 0.717) is 27.8 Å². The molecule has 0 fully saturated rings. The molecule has 0 atom stereocenters. The van der Waals surface area contributed by atoms with Crippen molar-refractivity contribution in [2.45, 2.75) is 26.3 Å². The van der Waals surface area contributed by atoms with Crippen molar-refractivity contribution in [2.24, 2.45) is 0 Å². The second kappa shape index (κ2) is 6.24. The summed E-state index contributed by atoms with van der Waals surface area (Å²) >= 11 is 12.2. The van der Waals surface area contributed by atoms with Crippen LogP contribution in [-0.2, 0) is 6.54 Å². The maximum Gasteiger partial charge on any atom is 0.240 e. The molecule has 106 valence electrons. The first-order valence-electron chi connectivity index (χ1n) is 6.28. The number of rotatable bonds is 4. The normalized spacial score (nSPS) is 10.8. The highest BCUT2D eigenvalue weighted by Gasteiger charge is 2.13. The van der Waals surface area contributed by atoms with Gasteiger partial charge in [-0.2, -0.15) is 10.1 Å². The minimum Gasteiger partial charge on any atom is -0.382 e. The first-order chi connectivity index (χ1) is 9.54. The molecule has 1 heterocycles. The first kappa shape index (κ1) is 14.8. The molecule has 0 aliphatic heterocycles. The van der Waals surface area contributed by atoms with E-state index < -0.39 is 0 Å². The van der Waals surface area contributed by atoms with Crippen LogP contribution < -0.4 is 11.4 Å². The Bertz CT molecular complexity index is 681. The van der Waals surface area contributed by atoms with Crippen LogP contribution in [0.5, 0.6) is 0 Å². The molecule has 20 heavy (non-hydrogen) atoms. The Balaban J connectivity index is 2.56. The van der Waals surface area contributed by atoms with Crippen LogP contribution >= 0.6 is 23.2 Å². The van der Waals surface area contributed by atoms with Gasteiger partial charge in [-0.15, -0.1) is 0 Å². The Morgan fingerprint density at radius 2 is 2.10 bits per heavy atom. The topological polar surface area (TPSA) is 80.6 Å². The molecule has 0 bridgehead atoms. The lowest BCUT2D eigenvalue weighted by atomic mass is 10.1. The third kappa shape index (κ3) is 2.94. The number of hydrogen-bond donors (Lipinski definition) is 2. The van der Waals surface area contributed by atoms with Crippen LogP contribution in [-0.4, -0.2) is 14.8 Å². The zero-order chi connectivity index (χ0) is 14.7. The molecule has 0 amide bonds. The fourth-order valence-electron chi connectivity index (χ4n) is 1.79. The Labute approximate surface area is 126 Å². The first-order valence-corrected chi connectivity index (χ1v) is 7.03. The van der Waals surface area contributed by atoms with E-state index in [2.05, 4.69) is 17.0 Å². The number of hydrogen-bond acceptors (Lipinski definition) is 4. The fraction of sp³-hybridized carbons (Fsp3) is 0.308. The molecule has 7 heteroatoms. The van der Waals surface area contributed by atoms with Crippen LogP contribution in [0.4, 0.5) is 5.82 Å². The summed E-state index contributed by atoms with van der Waals surface area (Å²) in [5.41, 5.74) is 6.97. The number of nitrogens with zero attached hydrogens (tertiary/aromatic N) is 3. The van der Waals surface area contributed by atoms with Gasteiger partial charge in [0.15, 0.2) is 5.82 Å². The Morgan fingerprint density at radius 3 is 2.80 bits per heavy atom. The zero-order valence-corrected chi connectivity index (χ0v) is 12.5. The molecule has 1 aromatic heterocycles. The second-order valence-electron chi connectivity index (χ2n) is 4.35. The molecule has 1 aromatic carbocycles. The van der Waals surface area contributed by atoms with Gasteiger partial charge in [-0.05, 0) is 12.5 Å². The number of nitrogen functional groups attached to an aromatic ring is 1. The summed E-state index contributed by atoms with van der Waals surface area (Å²) in [5, 5.41) is 13.0. The molecule has 2 aromatic rings. The minimum atomic E-state index is 0.0397. The van der Waals surface area contributed by atoms with Gasteiger partial charge in [0.2, 0.25) is 5.62 Å². The molecular formula is C13H15Cl2N5. The Kier molecular flexibility index (Phi) is 4.62. The SMILES string of the molecule is CCCCn1nc(-c2cccc(Cl)c2Cl)c(N)nc1=N. The quantitative estimate of drug-likeness (QED) is 0.910. The van der Waals surface area contributed by atoms with E-state index in [9.17, 15) is 0 Å². The van der Waals surface area contributed by atoms with Gasteiger partial charge in [0, 0.05) is 12.1 Å². The molecule has 3 N–H and O–H groups in total. The van der Waals surface area contributed by atoms with Crippen molar-refractivity contribution in [3.8, 4) is 11.3 Å². The lowest BCUT2D eigenvalue weighted by Crippen LogP contribution is -2.27. The van der Waals surface area contributed by atoms with Crippen LogP contribution in [0.1, 0.15) is 19.8 Å². The predicted octanol–water partition coefficient (Wildman–Crippen LogP) is 3.11. The van der Waals surface area contributed by atoms with Crippen molar-refractivity contribution in [3.63, 3.8) is 0 Å². The average Bonchev–Trinajstić information content (AvgIpc) is 2.41. The van der Waals surface area contributed by atoms with Gasteiger partial charge in [-0.1, -0.05) is 48.7 Å². The average molecular weight is 312 g/mol. The number of aryl methyl sites for hydroxylation is 1. The van der Waals surface area contributed by atoms with E-state index in [0.717, 1.165) is 12.8 Å². The highest BCUT2D eigenvalue weighted by molar-refractivity contribution is 6.43. The van der Waals surface area contributed by atoms with Crippen molar-refractivity contribution < 1.29 is 0 Å². The predicted molar refractivity (Wildman–Crippen MR) is 80.7 cm³/mol. The Hall–Kier alpha value is -1.59. The standard InChI is InChI=1S/C13H15Cl2N5/c1-2-3-7-20-13(17)18-12(16)11(19-20)8-5-4-6-9(14)10(8)15/h4-6H,2-3,7H2,1H3,(H3,16,17,18). The number of benzene rings is 1. The molecule has 0 saturated carbocycles. The molecule has 5 nitrogen and oxygen atoms in total. The van der Waals surface area contributed by atoms with E-state index in [1.807, 2.05) is 0 Å². The summed E-state index contributed by atoms with van der Waals surface area (Å²) in [4.78, 5) is 4.02. The maximum atomic E-state index is 7.80. The number of nitrogens with one attached hydrogen (secondary N) is 1. The molecule has 0 aliphatic carbocycles. The van der Waals surface area contributed by atoms with E-state index in [1.165, 1.54) is 4.68 Å². The Morgan fingerprint density at radius 1 is 1.35 bits per heavy atom. The highest BCUT2D eigenvalue weighted by Crippen LogP contribution is 2.33. The van der Waals surface area contributed by atoms with Crippen molar-refractivity contribution in [2.75, 3.05) is 5.73 Å². The number of nitrogens with two attached hydrogens (primary N) is 1. The molecule has 0 aliphatic rings. The third-order valence-electron chi connectivity index (χ3n) is 2.86. The summed E-state index contributed by atoms with van der Waals surface area (Å²) in [6.07, 6.45) is 1.92. The molecule has 2 rings (SSSR count). The van der Waals surface area contributed by atoms with E-state index in [4.69, 9.17) is 34.3 Å². The highest BCUT2D eigenvalue weighted by atomic mass is 35.5. The number of aromatic nitrogens is 3. The molecule has 0 saturated heterocycles. The van der Waals surface area contributed by atoms with Crippen molar-refractivity contribution in [1.82, 2.24) is 14.8 Å². The largest absolute Gasteiger partial charge is 0.382 e. The third-order valence-corrected chi connectivity index (χ3v) is 3.68. The number of unbranched alkanes of at least 4 members (excludes halogenated alkanes) is 1. The van der Waals surface area contributed by atoms with Crippen molar-refractivity contribution in [3.05, 3.63) is 33.9 Å². The lowest BCUT2D eigenvalue weighted by Gasteiger charge is -2.11. The number of anilines is 1. The van der Waals surface area contributed by atoms with Gasteiger partial charge in [0.05, 0.1) is 10.0 Å². The minimum absolute atomic E-state index is 0.0397. The van der Waals surface area contributed by atoms with Gasteiger partial charge in [0.25, 0.3) is 0 Å². The van der Waals surface area contributed by atoms with E-state index in [-0.39, 0.29) is 11.4 Å². The summed E-state index contributed by atoms with van der Waals surface area (Å²) in [6.45, 7) is 2.69. The van der Waals surface area contributed by atoms with Gasteiger partial charge in [-0.25, -0.2) is 4.68 Å². The van der Waals surface area contributed by atoms with Crippen LogP contribution in [0.25, 0.3) is 11.3 Å². The van der Waals surface area contributed by atoms with Crippen molar-refractivity contribution >= 4 is 29.0 Å². The van der Waals surface area contributed by atoms with Crippen LogP contribution in [0, 0.1) is 5.41 Å². The summed E-state index contributed by atoms with van der Waals surface area (Å²) in [5.74, 6) is 0.173. The van der Waals surface area contributed by atoms with Crippen LogP contribution in [0.15, 0.2) is 18.2 Å². The van der Waals surface area contributed by atoms with Crippen molar-refractivity contribution in [1.29, 1.82) is 5.41 Å². The monoisotopic (exact) mass is 311 g/mol. The van der Waals surface area contributed by atoms with Crippen LogP contribution in [0.3, 0.4) is 0 Å². The van der Waals surface area contributed by atoms with Crippen LogP contribution in [0.2, 0.25) is 10.0 Å². The van der Waals surface area contributed by atoms with Gasteiger partial charge in [0.1, 0.15) is 5.69 Å². The number of halogens is 2. The molecule has 0 unspecified atom stereocenters. The lowest BCUT2D eigenvalue weighted by molar-refractivity contribution is 0.518. The van der Waals surface area contributed by atoms with Gasteiger partial charge >= 0.3 is 0 Å². The van der Waals surface area contributed by atoms with Gasteiger partial charge < -0.3 is 5.73 Å². The maximum absolute atomic E-state index is 7.80. The molecular weight excluding hydrogens is 297 g/mol. The summed E-state index contributed by atoms with van der Waals surface area (Å²) < 4.78 is 1.52. The smallest absolute Gasteiger partial charge is 0.240 e. The van der Waals surface area contributed by atoms with E-state index >= 15 is 0 Å². The van der Waals surface area contributed by atoms with E-state index in [1.54, 1.807) is 18.2 Å². The fourth-order valence-corrected chi connectivity index (χ4v) is 2.18. The summed E-state index contributed by atoms with van der Waals surface area (Å²) in [7, 11) is 0. The molecule has 0 radical (unpaired) electrons. The zero-order valence-electron chi connectivity index (χ0n) is 11.0.